The average Bonchev–Trinajstić information content (AvgIpc) is 3.08. The number of nitriles is 1. The van der Waals surface area contributed by atoms with Crippen LogP contribution in [0.15, 0.2) is 36.7 Å². The Bertz CT molecular complexity index is 750. The molecule has 1 N–H and O–H groups in total. The quantitative estimate of drug-likeness (QED) is 0.873. The predicted molar refractivity (Wildman–Crippen MR) is 95.8 cm³/mol. The van der Waals surface area contributed by atoms with Crippen LogP contribution < -0.4 is 14.8 Å². The highest BCUT2D eigenvalue weighted by atomic mass is 16.5. The Balaban J connectivity index is 1.63. The molecule has 2 aromatic rings. The molecule has 0 amide bonds. The fourth-order valence-corrected chi connectivity index (χ4v) is 3.14. The monoisotopic (exact) mass is 338 g/mol. The number of nitrogens with zero attached hydrogens (tertiary/aromatic N) is 3. The number of methoxy groups -OCH3 is 2. The third kappa shape index (κ3) is 4.20. The number of pyridine rings is 1. The molecule has 1 saturated heterocycles. The van der Waals surface area contributed by atoms with Crippen molar-refractivity contribution in [1.82, 2.24) is 9.88 Å². The van der Waals surface area contributed by atoms with Crippen LogP contribution in [0.25, 0.3) is 0 Å². The van der Waals surface area contributed by atoms with Gasteiger partial charge >= 0.3 is 0 Å². The maximum absolute atomic E-state index is 9.17. The van der Waals surface area contributed by atoms with Crippen molar-refractivity contribution < 1.29 is 9.47 Å². The molecule has 6 heteroatoms. The van der Waals surface area contributed by atoms with E-state index in [4.69, 9.17) is 9.47 Å². The summed E-state index contributed by atoms with van der Waals surface area (Å²) in [5, 5.41) is 12.6. The van der Waals surface area contributed by atoms with Gasteiger partial charge in [-0.05, 0) is 30.2 Å². The summed E-state index contributed by atoms with van der Waals surface area (Å²) < 4.78 is 10.7. The Kier molecular flexibility index (Phi) is 5.36. The van der Waals surface area contributed by atoms with E-state index in [1.54, 1.807) is 26.6 Å². The fourth-order valence-electron chi connectivity index (χ4n) is 3.14. The van der Waals surface area contributed by atoms with Gasteiger partial charge in [0, 0.05) is 44.1 Å². The standard InChI is InChI=1S/C19H22N4O2/c1-24-17-7-14(8-18(9-17)25-2)12-23-6-4-16(13-23)22-19-3-5-21-11-15(19)10-20/h3,5,7-9,11,16H,4,6,12-13H2,1-2H3,(H,21,22). The van der Waals surface area contributed by atoms with E-state index in [0.717, 1.165) is 43.2 Å². The molecule has 0 radical (unpaired) electrons. The van der Waals surface area contributed by atoms with Crippen molar-refractivity contribution in [2.45, 2.75) is 19.0 Å². The second-order valence-electron chi connectivity index (χ2n) is 6.12. The largest absolute Gasteiger partial charge is 0.497 e. The number of aromatic nitrogens is 1. The van der Waals surface area contributed by atoms with Crippen LogP contribution >= 0.6 is 0 Å². The van der Waals surface area contributed by atoms with Gasteiger partial charge in [-0.2, -0.15) is 5.26 Å². The van der Waals surface area contributed by atoms with Crippen molar-refractivity contribution in [3.63, 3.8) is 0 Å². The van der Waals surface area contributed by atoms with Gasteiger partial charge in [-0.3, -0.25) is 9.88 Å². The minimum Gasteiger partial charge on any atom is -0.497 e. The van der Waals surface area contributed by atoms with Crippen molar-refractivity contribution >= 4 is 5.69 Å². The van der Waals surface area contributed by atoms with E-state index in [-0.39, 0.29) is 0 Å². The fraction of sp³-hybridized carbons (Fsp3) is 0.368. The van der Waals surface area contributed by atoms with Crippen molar-refractivity contribution in [1.29, 1.82) is 5.26 Å². The lowest BCUT2D eigenvalue weighted by Gasteiger charge is -2.18. The zero-order valence-corrected chi connectivity index (χ0v) is 14.5. The molecular formula is C19H22N4O2. The summed E-state index contributed by atoms with van der Waals surface area (Å²) in [4.78, 5) is 6.39. The summed E-state index contributed by atoms with van der Waals surface area (Å²) in [5.74, 6) is 1.61. The Morgan fingerprint density at radius 2 is 2.04 bits per heavy atom. The van der Waals surface area contributed by atoms with Crippen LogP contribution in [-0.4, -0.2) is 43.2 Å². The summed E-state index contributed by atoms with van der Waals surface area (Å²) >= 11 is 0. The number of anilines is 1. The summed E-state index contributed by atoms with van der Waals surface area (Å²) in [6.07, 6.45) is 4.34. The molecule has 2 heterocycles. The van der Waals surface area contributed by atoms with E-state index < -0.39 is 0 Å². The molecule has 0 saturated carbocycles. The van der Waals surface area contributed by atoms with Gasteiger partial charge in [0.15, 0.2) is 0 Å². The van der Waals surface area contributed by atoms with Gasteiger partial charge in [-0.1, -0.05) is 0 Å². The number of nitrogens with one attached hydrogen (secondary N) is 1. The lowest BCUT2D eigenvalue weighted by Crippen LogP contribution is -2.26. The van der Waals surface area contributed by atoms with E-state index in [1.807, 2.05) is 24.3 Å². The summed E-state index contributed by atoms with van der Waals surface area (Å²) in [6.45, 7) is 2.77. The van der Waals surface area contributed by atoms with E-state index in [0.29, 0.717) is 11.6 Å². The van der Waals surface area contributed by atoms with Crippen LogP contribution in [0.4, 0.5) is 5.69 Å². The normalized spacial score (nSPS) is 17.1. The second-order valence-corrected chi connectivity index (χ2v) is 6.12. The Labute approximate surface area is 148 Å². The van der Waals surface area contributed by atoms with Crippen LogP contribution in [0.5, 0.6) is 11.5 Å². The molecule has 25 heavy (non-hydrogen) atoms. The van der Waals surface area contributed by atoms with Gasteiger partial charge < -0.3 is 14.8 Å². The SMILES string of the molecule is COc1cc(CN2CCC(Nc3ccncc3C#N)C2)cc(OC)c1. The second kappa shape index (κ2) is 7.86. The zero-order valence-electron chi connectivity index (χ0n) is 14.5. The van der Waals surface area contributed by atoms with Crippen LogP contribution in [0.1, 0.15) is 17.5 Å². The molecule has 0 bridgehead atoms. The number of hydrogen-bond acceptors (Lipinski definition) is 6. The van der Waals surface area contributed by atoms with Crippen molar-refractivity contribution in [2.24, 2.45) is 0 Å². The third-order valence-electron chi connectivity index (χ3n) is 4.39. The number of rotatable bonds is 6. The summed E-state index contributed by atoms with van der Waals surface area (Å²) in [5.41, 5.74) is 2.60. The van der Waals surface area contributed by atoms with Crippen LogP contribution in [0, 0.1) is 11.3 Å². The number of benzene rings is 1. The molecule has 0 spiro atoms. The van der Waals surface area contributed by atoms with Crippen molar-refractivity contribution in [2.75, 3.05) is 32.6 Å². The number of hydrogen-bond donors (Lipinski definition) is 1. The first-order valence-electron chi connectivity index (χ1n) is 8.26. The van der Waals surface area contributed by atoms with Gasteiger partial charge in [-0.15, -0.1) is 0 Å². The number of likely N-dealkylation sites (tertiary alicyclic amines) is 1. The molecule has 1 unspecified atom stereocenters. The van der Waals surface area contributed by atoms with Crippen molar-refractivity contribution in [3.05, 3.63) is 47.8 Å². The minimum atomic E-state index is 0.321. The average molecular weight is 338 g/mol. The molecule has 1 aromatic heterocycles. The van der Waals surface area contributed by atoms with Gasteiger partial charge in [0.25, 0.3) is 0 Å². The highest BCUT2D eigenvalue weighted by Gasteiger charge is 2.23. The first kappa shape index (κ1) is 17.1. The van der Waals surface area contributed by atoms with E-state index in [1.165, 1.54) is 5.56 Å². The molecule has 6 nitrogen and oxygen atoms in total. The summed E-state index contributed by atoms with van der Waals surface area (Å²) in [7, 11) is 3.33. The first-order chi connectivity index (χ1) is 12.2. The molecule has 1 fully saturated rings. The Morgan fingerprint density at radius 3 is 2.72 bits per heavy atom. The van der Waals surface area contributed by atoms with Crippen LogP contribution in [-0.2, 0) is 6.54 Å². The highest BCUT2D eigenvalue weighted by molar-refractivity contribution is 5.56. The minimum absolute atomic E-state index is 0.321. The molecule has 1 aliphatic rings. The van der Waals surface area contributed by atoms with Crippen LogP contribution in [0.3, 0.4) is 0 Å². The molecule has 0 aliphatic carbocycles. The van der Waals surface area contributed by atoms with Crippen LogP contribution in [0.2, 0.25) is 0 Å². The maximum atomic E-state index is 9.17. The van der Waals surface area contributed by atoms with E-state index in [9.17, 15) is 5.26 Å². The van der Waals surface area contributed by atoms with E-state index in [2.05, 4.69) is 21.3 Å². The van der Waals surface area contributed by atoms with Gasteiger partial charge in [0.2, 0.25) is 0 Å². The topological polar surface area (TPSA) is 70.4 Å². The molecule has 1 aliphatic heterocycles. The lowest BCUT2D eigenvalue weighted by molar-refractivity contribution is 0.326. The van der Waals surface area contributed by atoms with E-state index >= 15 is 0 Å². The van der Waals surface area contributed by atoms with Gasteiger partial charge in [0.05, 0.1) is 25.5 Å². The molecule has 1 atom stereocenters. The molecule has 3 rings (SSSR count). The highest BCUT2D eigenvalue weighted by Crippen LogP contribution is 2.25. The predicted octanol–water partition coefficient (Wildman–Crippen LogP) is 2.66. The number of ether oxygens (including phenoxy) is 2. The Hall–Kier alpha value is -2.78. The molecule has 1 aromatic carbocycles. The molecule has 130 valence electrons. The molecular weight excluding hydrogens is 316 g/mol. The third-order valence-corrected chi connectivity index (χ3v) is 4.39. The van der Waals surface area contributed by atoms with Gasteiger partial charge in [-0.25, -0.2) is 0 Å². The smallest absolute Gasteiger partial charge is 0.122 e. The first-order valence-corrected chi connectivity index (χ1v) is 8.26. The zero-order chi connectivity index (χ0) is 17.6. The lowest BCUT2D eigenvalue weighted by atomic mass is 10.2. The maximum Gasteiger partial charge on any atom is 0.122 e. The summed E-state index contributed by atoms with van der Waals surface area (Å²) in [6, 6.07) is 10.3. The van der Waals surface area contributed by atoms with Crippen molar-refractivity contribution in [3.8, 4) is 17.6 Å². The Morgan fingerprint density at radius 1 is 1.28 bits per heavy atom. The van der Waals surface area contributed by atoms with Gasteiger partial charge in [0.1, 0.15) is 17.6 Å².